The number of amides is 1. The van der Waals surface area contributed by atoms with Gasteiger partial charge in [0.25, 0.3) is 0 Å². The number of carbonyl (C=O) groups is 2. The molecule has 41 heavy (non-hydrogen) atoms. The number of aliphatic carboxylic acids is 1. The first-order chi connectivity index (χ1) is 19.4. The van der Waals surface area contributed by atoms with Crippen LogP contribution in [0.1, 0.15) is 41.3 Å². The molecule has 5 rings (SSSR count). The van der Waals surface area contributed by atoms with Gasteiger partial charge in [0, 0.05) is 36.8 Å². The number of anilines is 2. The van der Waals surface area contributed by atoms with Crippen molar-refractivity contribution in [2.24, 2.45) is 11.1 Å². The predicted octanol–water partition coefficient (Wildman–Crippen LogP) is 3.54. The third kappa shape index (κ3) is 6.19. The van der Waals surface area contributed by atoms with E-state index in [1.165, 1.54) is 30.3 Å². The van der Waals surface area contributed by atoms with Crippen LogP contribution in [0.25, 0.3) is 11.1 Å². The number of hydrogen-bond donors (Lipinski definition) is 4. The summed E-state index contributed by atoms with van der Waals surface area (Å²) in [6.07, 6.45) is -5.13. The van der Waals surface area contributed by atoms with Gasteiger partial charge >= 0.3 is 12.1 Å². The summed E-state index contributed by atoms with van der Waals surface area (Å²) >= 11 is 0. The van der Waals surface area contributed by atoms with Crippen LogP contribution >= 0.6 is 0 Å². The summed E-state index contributed by atoms with van der Waals surface area (Å²) in [6.45, 7) is 1.67. The van der Waals surface area contributed by atoms with Gasteiger partial charge in [-0.25, -0.2) is 0 Å². The SMILES string of the molecule is NC(=O)c1ccc(-c2ccc([C@@H](Oc3cc(N4CCC5(CC4)CN[C@H](C(=O)O)C5)nc(N)n3)C(F)(F)F)cc2)cc1. The summed E-state index contributed by atoms with van der Waals surface area (Å²) in [7, 11) is 0. The number of aromatic nitrogens is 2. The number of carboxylic acids is 1. The van der Waals surface area contributed by atoms with Crippen LogP contribution in [-0.4, -0.2) is 58.8 Å². The average Bonchev–Trinajstić information content (AvgIpc) is 3.35. The Morgan fingerprint density at radius 3 is 2.20 bits per heavy atom. The van der Waals surface area contributed by atoms with Gasteiger partial charge in [0.1, 0.15) is 11.9 Å². The Labute approximate surface area is 233 Å². The van der Waals surface area contributed by atoms with Gasteiger partial charge in [-0.05, 0) is 47.9 Å². The maximum absolute atomic E-state index is 14.1. The molecule has 2 aliphatic rings. The lowest BCUT2D eigenvalue weighted by Crippen LogP contribution is -2.41. The van der Waals surface area contributed by atoms with Crippen LogP contribution in [-0.2, 0) is 4.79 Å². The molecule has 0 unspecified atom stereocenters. The van der Waals surface area contributed by atoms with Gasteiger partial charge in [0.05, 0.1) is 0 Å². The van der Waals surface area contributed by atoms with E-state index in [2.05, 4.69) is 15.3 Å². The summed E-state index contributed by atoms with van der Waals surface area (Å²) in [5.41, 5.74) is 12.5. The fourth-order valence-corrected chi connectivity index (χ4v) is 5.46. The number of benzene rings is 2. The number of nitrogens with two attached hydrogens (primary N) is 2. The fraction of sp³-hybridized carbons (Fsp3) is 0.357. The molecule has 6 N–H and O–H groups in total. The number of nitrogens with one attached hydrogen (secondary N) is 1. The molecule has 2 aliphatic heterocycles. The van der Waals surface area contributed by atoms with Gasteiger partial charge in [-0.3, -0.25) is 9.59 Å². The van der Waals surface area contributed by atoms with Crippen molar-refractivity contribution in [3.8, 4) is 17.0 Å². The number of rotatable bonds is 7. The van der Waals surface area contributed by atoms with Crippen LogP contribution in [0.3, 0.4) is 0 Å². The number of nitrogens with zero attached hydrogens (tertiary/aromatic N) is 3. The zero-order valence-corrected chi connectivity index (χ0v) is 21.9. The zero-order chi connectivity index (χ0) is 29.4. The van der Waals surface area contributed by atoms with E-state index >= 15 is 0 Å². The average molecular weight is 571 g/mol. The summed E-state index contributed by atoms with van der Waals surface area (Å²) in [5.74, 6) is -1.63. The van der Waals surface area contributed by atoms with Gasteiger partial charge in [-0.15, -0.1) is 0 Å². The number of halogens is 3. The van der Waals surface area contributed by atoms with E-state index in [-0.39, 0.29) is 22.8 Å². The van der Waals surface area contributed by atoms with E-state index in [0.717, 1.165) is 0 Å². The molecule has 1 spiro atoms. The highest BCUT2D eigenvalue weighted by Crippen LogP contribution is 2.41. The van der Waals surface area contributed by atoms with E-state index in [1.807, 2.05) is 4.90 Å². The molecule has 0 aliphatic carbocycles. The molecular weight excluding hydrogens is 541 g/mol. The maximum Gasteiger partial charge on any atom is 0.429 e. The number of alkyl halides is 3. The highest BCUT2D eigenvalue weighted by molar-refractivity contribution is 5.93. The van der Waals surface area contributed by atoms with Crippen molar-refractivity contribution in [2.75, 3.05) is 30.3 Å². The third-order valence-corrected chi connectivity index (χ3v) is 7.77. The molecule has 2 fully saturated rings. The van der Waals surface area contributed by atoms with E-state index in [0.29, 0.717) is 61.4 Å². The van der Waals surface area contributed by atoms with Crippen molar-refractivity contribution in [2.45, 2.75) is 37.6 Å². The quantitative estimate of drug-likeness (QED) is 0.334. The van der Waals surface area contributed by atoms with Gasteiger partial charge in [0.2, 0.25) is 23.8 Å². The molecule has 3 heterocycles. The lowest BCUT2D eigenvalue weighted by molar-refractivity contribution is -0.198. The van der Waals surface area contributed by atoms with E-state index in [9.17, 15) is 27.9 Å². The molecule has 2 atom stereocenters. The fourth-order valence-electron chi connectivity index (χ4n) is 5.46. The van der Waals surface area contributed by atoms with Crippen molar-refractivity contribution >= 4 is 23.6 Å². The number of primary amides is 1. The lowest BCUT2D eigenvalue weighted by atomic mass is 9.76. The van der Waals surface area contributed by atoms with Crippen molar-refractivity contribution in [1.29, 1.82) is 0 Å². The zero-order valence-electron chi connectivity index (χ0n) is 21.9. The van der Waals surface area contributed by atoms with Crippen molar-refractivity contribution in [1.82, 2.24) is 15.3 Å². The first-order valence-corrected chi connectivity index (χ1v) is 13.0. The molecule has 3 aromatic rings. The summed E-state index contributed by atoms with van der Waals surface area (Å²) in [6, 6.07) is 12.9. The number of nitrogen functional groups attached to an aromatic ring is 1. The monoisotopic (exact) mass is 570 g/mol. The van der Waals surface area contributed by atoms with Gasteiger partial charge in [-0.2, -0.15) is 23.1 Å². The molecule has 10 nitrogen and oxygen atoms in total. The highest BCUT2D eigenvalue weighted by Gasteiger charge is 2.45. The number of ether oxygens (including phenoxy) is 1. The molecule has 0 radical (unpaired) electrons. The smallest absolute Gasteiger partial charge is 0.429 e. The number of piperidine rings is 1. The van der Waals surface area contributed by atoms with Crippen molar-refractivity contribution < 1.29 is 32.6 Å². The van der Waals surface area contributed by atoms with Crippen molar-refractivity contribution in [3.63, 3.8) is 0 Å². The third-order valence-electron chi connectivity index (χ3n) is 7.77. The van der Waals surface area contributed by atoms with E-state index < -0.39 is 30.2 Å². The summed E-state index contributed by atoms with van der Waals surface area (Å²) in [5, 5.41) is 12.4. The lowest BCUT2D eigenvalue weighted by Gasteiger charge is -2.39. The molecule has 0 bridgehead atoms. The maximum atomic E-state index is 14.1. The van der Waals surface area contributed by atoms with Crippen LogP contribution in [0, 0.1) is 5.41 Å². The Kier molecular flexibility index (Phi) is 7.47. The normalized spacial score (nSPS) is 19.2. The van der Waals surface area contributed by atoms with Crippen LogP contribution in [0.2, 0.25) is 0 Å². The topological polar surface area (TPSA) is 157 Å². The molecule has 0 saturated carbocycles. The minimum Gasteiger partial charge on any atom is -0.480 e. The Balaban J connectivity index is 1.31. The largest absolute Gasteiger partial charge is 0.480 e. The minimum absolute atomic E-state index is 0.129. The predicted molar refractivity (Wildman–Crippen MR) is 144 cm³/mol. The second-order valence-corrected chi connectivity index (χ2v) is 10.5. The van der Waals surface area contributed by atoms with Crippen LogP contribution < -0.4 is 26.4 Å². The molecule has 2 saturated heterocycles. The second kappa shape index (κ2) is 10.9. The van der Waals surface area contributed by atoms with Crippen molar-refractivity contribution in [3.05, 3.63) is 65.7 Å². The Morgan fingerprint density at radius 1 is 1.05 bits per heavy atom. The van der Waals surface area contributed by atoms with E-state index in [1.54, 1.807) is 24.3 Å². The first kappa shape index (κ1) is 28.1. The van der Waals surface area contributed by atoms with Gasteiger partial charge < -0.3 is 31.5 Å². The number of hydrogen-bond acceptors (Lipinski definition) is 8. The Bertz CT molecular complexity index is 1420. The van der Waals surface area contributed by atoms with Gasteiger partial charge in [0.15, 0.2) is 0 Å². The molecular formula is C28H29F3N6O4. The number of carbonyl (C=O) groups excluding carboxylic acids is 1. The van der Waals surface area contributed by atoms with Crippen LogP contribution in [0.5, 0.6) is 5.88 Å². The second-order valence-electron chi connectivity index (χ2n) is 10.5. The molecule has 216 valence electrons. The Hall–Kier alpha value is -4.39. The first-order valence-electron chi connectivity index (χ1n) is 13.0. The summed E-state index contributed by atoms with van der Waals surface area (Å²) < 4.78 is 47.8. The van der Waals surface area contributed by atoms with Gasteiger partial charge in [-0.1, -0.05) is 36.4 Å². The summed E-state index contributed by atoms with van der Waals surface area (Å²) in [4.78, 5) is 32.6. The van der Waals surface area contributed by atoms with E-state index in [4.69, 9.17) is 16.2 Å². The van der Waals surface area contributed by atoms with Crippen LogP contribution in [0.4, 0.5) is 24.9 Å². The minimum atomic E-state index is -4.75. The Morgan fingerprint density at radius 2 is 1.66 bits per heavy atom. The number of carboxylic acid groups (broad SMARTS) is 1. The standard InChI is InChI=1S/C28H29F3N6O4/c29-28(30,31)23(18-5-1-16(2-6-18)17-3-7-19(8-4-17)24(32)38)41-22-13-21(35-26(33)36-22)37-11-9-27(10-12-37)14-20(25(39)40)34-15-27/h1-8,13,20,23,34H,9-12,14-15H2,(H2,32,38)(H,39,40)(H2,33,35,36)/t20-,23+/m0/s1. The van der Waals surface area contributed by atoms with Crippen LogP contribution in [0.15, 0.2) is 54.6 Å². The molecule has 1 aromatic heterocycles. The molecule has 2 aromatic carbocycles. The highest BCUT2D eigenvalue weighted by atomic mass is 19.4. The molecule has 13 heteroatoms. The molecule has 1 amide bonds.